The van der Waals surface area contributed by atoms with Crippen LogP contribution in [0.15, 0.2) is 24.3 Å². The summed E-state index contributed by atoms with van der Waals surface area (Å²) in [4.78, 5) is 0. The second-order valence-electron chi connectivity index (χ2n) is 3.21. The van der Waals surface area contributed by atoms with E-state index in [1.54, 1.807) is 0 Å². The molecule has 1 aliphatic carbocycles. The Morgan fingerprint density at radius 2 is 1.73 bits per heavy atom. The molecule has 0 amide bonds. The molecule has 0 unspecified atom stereocenters. The van der Waals surface area contributed by atoms with Crippen LogP contribution in [0.2, 0.25) is 0 Å². The standard InChI is InChI=1S/C10H11O/c11-7-8-5-9-3-1-2-4-10(9)6-8/h1-4,8H,5-7H2. The molecule has 0 saturated heterocycles. The molecule has 0 N–H and O–H groups in total. The Labute approximate surface area is 66.7 Å². The first-order valence-corrected chi connectivity index (χ1v) is 4.05. The third-order valence-corrected chi connectivity index (χ3v) is 2.37. The SMILES string of the molecule is [O]CC1Cc2ccccc2C1. The maximum atomic E-state index is 10.6. The fourth-order valence-electron chi connectivity index (χ4n) is 1.77. The van der Waals surface area contributed by atoms with E-state index in [1.165, 1.54) is 11.1 Å². The molecule has 0 spiro atoms. The van der Waals surface area contributed by atoms with Crippen molar-refractivity contribution in [2.75, 3.05) is 6.61 Å². The smallest absolute Gasteiger partial charge is 0.0856 e. The number of rotatable bonds is 1. The van der Waals surface area contributed by atoms with Gasteiger partial charge in [-0.2, -0.15) is 0 Å². The lowest BCUT2D eigenvalue weighted by atomic mass is 10.1. The molecule has 1 aromatic rings. The van der Waals surface area contributed by atoms with E-state index in [-0.39, 0.29) is 6.61 Å². The number of hydrogen-bond donors (Lipinski definition) is 0. The van der Waals surface area contributed by atoms with Gasteiger partial charge in [-0.15, -0.1) is 0 Å². The lowest BCUT2D eigenvalue weighted by Gasteiger charge is -1.98. The van der Waals surface area contributed by atoms with Gasteiger partial charge in [0.25, 0.3) is 0 Å². The second kappa shape index (κ2) is 2.67. The first-order valence-electron chi connectivity index (χ1n) is 4.05. The lowest BCUT2D eigenvalue weighted by molar-refractivity contribution is 0.147. The molecule has 1 radical (unpaired) electrons. The largest absolute Gasteiger partial charge is 0.236 e. The number of fused-ring (bicyclic) bond motifs is 1. The topological polar surface area (TPSA) is 19.9 Å². The summed E-state index contributed by atoms with van der Waals surface area (Å²) in [6.07, 6.45) is 2.00. The molecule has 0 bridgehead atoms. The van der Waals surface area contributed by atoms with E-state index in [0.717, 1.165) is 12.8 Å². The normalized spacial score (nSPS) is 16.8. The van der Waals surface area contributed by atoms with Crippen molar-refractivity contribution in [2.45, 2.75) is 12.8 Å². The van der Waals surface area contributed by atoms with Crippen molar-refractivity contribution in [1.29, 1.82) is 0 Å². The van der Waals surface area contributed by atoms with Gasteiger partial charge >= 0.3 is 0 Å². The van der Waals surface area contributed by atoms with E-state index in [0.29, 0.717) is 5.92 Å². The molecule has 0 atom stereocenters. The van der Waals surface area contributed by atoms with Gasteiger partial charge in [0.15, 0.2) is 0 Å². The van der Waals surface area contributed by atoms with Crippen molar-refractivity contribution in [1.82, 2.24) is 0 Å². The maximum absolute atomic E-state index is 10.6. The van der Waals surface area contributed by atoms with Gasteiger partial charge in [-0.25, -0.2) is 5.11 Å². The molecule has 0 heterocycles. The van der Waals surface area contributed by atoms with Crippen LogP contribution in [0.4, 0.5) is 0 Å². The minimum absolute atomic E-state index is 0.0781. The minimum Gasteiger partial charge on any atom is -0.236 e. The summed E-state index contributed by atoms with van der Waals surface area (Å²) in [5, 5.41) is 10.6. The van der Waals surface area contributed by atoms with E-state index in [9.17, 15) is 5.11 Å². The minimum atomic E-state index is 0.0781. The fraction of sp³-hybridized carbons (Fsp3) is 0.400. The Morgan fingerprint density at radius 1 is 1.18 bits per heavy atom. The van der Waals surface area contributed by atoms with Crippen molar-refractivity contribution in [3.8, 4) is 0 Å². The van der Waals surface area contributed by atoms with Crippen LogP contribution >= 0.6 is 0 Å². The summed E-state index contributed by atoms with van der Waals surface area (Å²) in [7, 11) is 0. The molecule has 0 aromatic heterocycles. The van der Waals surface area contributed by atoms with E-state index >= 15 is 0 Å². The van der Waals surface area contributed by atoms with Gasteiger partial charge in [0.05, 0.1) is 6.61 Å². The Kier molecular flexibility index (Phi) is 1.66. The van der Waals surface area contributed by atoms with Crippen LogP contribution in [-0.2, 0) is 17.9 Å². The second-order valence-corrected chi connectivity index (χ2v) is 3.21. The predicted octanol–water partition coefficient (Wildman–Crippen LogP) is 1.83. The molecule has 11 heavy (non-hydrogen) atoms. The van der Waals surface area contributed by atoms with E-state index in [2.05, 4.69) is 12.1 Å². The number of hydrogen-bond acceptors (Lipinski definition) is 0. The van der Waals surface area contributed by atoms with Crippen LogP contribution in [0.5, 0.6) is 0 Å². The van der Waals surface area contributed by atoms with Gasteiger partial charge in [0.1, 0.15) is 0 Å². The average molecular weight is 147 g/mol. The molecule has 1 heteroatoms. The third kappa shape index (κ3) is 1.16. The van der Waals surface area contributed by atoms with Crippen molar-refractivity contribution < 1.29 is 5.11 Å². The summed E-state index contributed by atoms with van der Waals surface area (Å²) in [6.45, 7) is 0.0781. The first-order chi connectivity index (χ1) is 5.40. The summed E-state index contributed by atoms with van der Waals surface area (Å²) in [5.74, 6) is 0.368. The molecule has 1 aromatic carbocycles. The van der Waals surface area contributed by atoms with Crippen molar-refractivity contribution in [3.63, 3.8) is 0 Å². The van der Waals surface area contributed by atoms with Crippen LogP contribution in [0.3, 0.4) is 0 Å². The molecule has 1 aliphatic rings. The van der Waals surface area contributed by atoms with Gasteiger partial charge < -0.3 is 0 Å². The highest BCUT2D eigenvalue weighted by Crippen LogP contribution is 2.25. The number of benzene rings is 1. The first kappa shape index (κ1) is 6.86. The highest BCUT2D eigenvalue weighted by molar-refractivity contribution is 5.31. The molecule has 2 rings (SSSR count). The van der Waals surface area contributed by atoms with Crippen LogP contribution in [0.25, 0.3) is 0 Å². The Balaban J connectivity index is 2.27. The lowest BCUT2D eigenvalue weighted by Crippen LogP contribution is -2.02. The average Bonchev–Trinajstić information content (AvgIpc) is 2.46. The van der Waals surface area contributed by atoms with E-state index in [1.807, 2.05) is 12.1 Å². The molecular formula is C10H11O. The molecule has 57 valence electrons. The molecule has 0 fully saturated rings. The zero-order chi connectivity index (χ0) is 7.68. The van der Waals surface area contributed by atoms with Gasteiger partial charge in [-0.05, 0) is 29.9 Å². The fourth-order valence-corrected chi connectivity index (χ4v) is 1.77. The van der Waals surface area contributed by atoms with Crippen LogP contribution in [0.1, 0.15) is 11.1 Å². The zero-order valence-electron chi connectivity index (χ0n) is 6.42. The van der Waals surface area contributed by atoms with E-state index < -0.39 is 0 Å². The quantitative estimate of drug-likeness (QED) is 0.577. The van der Waals surface area contributed by atoms with Crippen LogP contribution in [-0.4, -0.2) is 6.61 Å². The van der Waals surface area contributed by atoms with Crippen molar-refractivity contribution >= 4 is 0 Å². The van der Waals surface area contributed by atoms with Crippen LogP contribution < -0.4 is 0 Å². The Hall–Kier alpha value is -0.820. The van der Waals surface area contributed by atoms with Gasteiger partial charge in [-0.3, -0.25) is 0 Å². The highest BCUT2D eigenvalue weighted by atomic mass is 16.3. The monoisotopic (exact) mass is 147 g/mol. The van der Waals surface area contributed by atoms with Crippen LogP contribution in [0, 0.1) is 5.92 Å². The summed E-state index contributed by atoms with van der Waals surface area (Å²) in [5.41, 5.74) is 2.77. The zero-order valence-corrected chi connectivity index (χ0v) is 6.42. The summed E-state index contributed by atoms with van der Waals surface area (Å²) >= 11 is 0. The van der Waals surface area contributed by atoms with Gasteiger partial charge in [0.2, 0.25) is 0 Å². The molecule has 0 aliphatic heterocycles. The van der Waals surface area contributed by atoms with Gasteiger partial charge in [-0.1, -0.05) is 24.3 Å². The predicted molar refractivity (Wildman–Crippen MR) is 42.9 cm³/mol. The van der Waals surface area contributed by atoms with Crippen molar-refractivity contribution in [3.05, 3.63) is 35.4 Å². The maximum Gasteiger partial charge on any atom is 0.0856 e. The molecular weight excluding hydrogens is 136 g/mol. The Morgan fingerprint density at radius 3 is 2.18 bits per heavy atom. The summed E-state index contributed by atoms with van der Waals surface area (Å²) < 4.78 is 0. The molecule has 0 saturated carbocycles. The third-order valence-electron chi connectivity index (χ3n) is 2.37. The van der Waals surface area contributed by atoms with E-state index in [4.69, 9.17) is 0 Å². The molecule has 1 nitrogen and oxygen atoms in total. The summed E-state index contributed by atoms with van der Waals surface area (Å²) in [6, 6.07) is 8.36. The van der Waals surface area contributed by atoms with Gasteiger partial charge in [0, 0.05) is 0 Å². The van der Waals surface area contributed by atoms with Crippen molar-refractivity contribution in [2.24, 2.45) is 5.92 Å². The highest BCUT2D eigenvalue weighted by Gasteiger charge is 2.19. The Bertz CT molecular complexity index is 230.